The Labute approximate surface area is 151 Å². The quantitative estimate of drug-likeness (QED) is 0.800. The van der Waals surface area contributed by atoms with E-state index in [4.69, 9.17) is 32.7 Å². The Kier molecular flexibility index (Phi) is 6.76. The van der Waals surface area contributed by atoms with Crippen LogP contribution in [0.4, 0.5) is 0 Å². The number of methoxy groups -OCH3 is 1. The molecule has 0 saturated heterocycles. The van der Waals surface area contributed by atoms with Crippen LogP contribution < -0.4 is 14.8 Å². The molecule has 6 heteroatoms. The molecule has 2 aromatic carbocycles. The van der Waals surface area contributed by atoms with Crippen LogP contribution in [0, 0.1) is 0 Å². The van der Waals surface area contributed by atoms with Gasteiger partial charge in [-0.25, -0.2) is 0 Å². The summed E-state index contributed by atoms with van der Waals surface area (Å²) in [6.45, 7) is 2.20. The highest BCUT2D eigenvalue weighted by Crippen LogP contribution is 2.28. The number of hydrogen-bond acceptors (Lipinski definition) is 3. The van der Waals surface area contributed by atoms with Gasteiger partial charge in [0.05, 0.1) is 12.1 Å². The maximum atomic E-state index is 12.1. The third kappa shape index (κ3) is 5.32. The fourth-order valence-corrected chi connectivity index (χ4v) is 2.53. The molecule has 1 atom stereocenters. The molecule has 0 aliphatic heterocycles. The average Bonchev–Trinajstić information content (AvgIpc) is 2.57. The molecule has 0 aliphatic carbocycles. The second-order valence-electron chi connectivity index (χ2n) is 5.22. The molecule has 0 radical (unpaired) electrons. The second-order valence-corrected chi connectivity index (χ2v) is 6.07. The lowest BCUT2D eigenvalue weighted by molar-refractivity contribution is -0.127. The summed E-state index contributed by atoms with van der Waals surface area (Å²) in [5, 5.41) is 3.74. The largest absolute Gasteiger partial charge is 0.497 e. The minimum absolute atomic E-state index is 0.200. The number of carbonyl (C=O) groups is 1. The summed E-state index contributed by atoms with van der Waals surface area (Å²) in [5.41, 5.74) is 1.12. The van der Waals surface area contributed by atoms with Crippen molar-refractivity contribution < 1.29 is 14.3 Å². The zero-order chi connectivity index (χ0) is 17.5. The third-order valence-corrected chi connectivity index (χ3v) is 3.97. The van der Waals surface area contributed by atoms with Crippen LogP contribution in [0.3, 0.4) is 0 Å². The molecule has 128 valence electrons. The summed E-state index contributed by atoms with van der Waals surface area (Å²) < 4.78 is 10.7. The van der Waals surface area contributed by atoms with E-state index in [0.29, 0.717) is 22.3 Å². The number of halogens is 2. The molecule has 2 aromatic rings. The number of rotatable bonds is 7. The van der Waals surface area contributed by atoms with Crippen LogP contribution in [0.5, 0.6) is 11.5 Å². The summed E-state index contributed by atoms with van der Waals surface area (Å²) in [7, 11) is 1.63. The van der Waals surface area contributed by atoms with Crippen molar-refractivity contribution in [2.24, 2.45) is 0 Å². The van der Waals surface area contributed by atoms with E-state index in [1.807, 2.05) is 24.3 Å². The van der Waals surface area contributed by atoms with Crippen molar-refractivity contribution in [3.8, 4) is 11.5 Å². The third-order valence-electron chi connectivity index (χ3n) is 3.44. The van der Waals surface area contributed by atoms with Gasteiger partial charge >= 0.3 is 0 Å². The van der Waals surface area contributed by atoms with Crippen LogP contribution in [0.1, 0.15) is 12.5 Å². The van der Waals surface area contributed by atoms with E-state index >= 15 is 0 Å². The molecule has 0 saturated carbocycles. The van der Waals surface area contributed by atoms with Crippen LogP contribution in [0.15, 0.2) is 42.5 Å². The SMILES string of the molecule is COc1ccc(CCNC(=O)C(C)Oc2ccc(Cl)cc2Cl)cc1. The molecule has 1 amide bonds. The lowest BCUT2D eigenvalue weighted by Gasteiger charge is -2.15. The highest BCUT2D eigenvalue weighted by atomic mass is 35.5. The smallest absolute Gasteiger partial charge is 0.260 e. The number of carbonyl (C=O) groups excluding carboxylic acids is 1. The van der Waals surface area contributed by atoms with E-state index in [1.165, 1.54) is 0 Å². The van der Waals surface area contributed by atoms with Gasteiger partial charge in [0.1, 0.15) is 11.5 Å². The Morgan fingerprint density at radius 3 is 2.50 bits per heavy atom. The molecular weight excluding hydrogens is 349 g/mol. The molecule has 4 nitrogen and oxygen atoms in total. The fourth-order valence-electron chi connectivity index (χ4n) is 2.08. The second kappa shape index (κ2) is 8.81. The number of benzene rings is 2. The van der Waals surface area contributed by atoms with Crippen LogP contribution in [0.2, 0.25) is 10.0 Å². The molecule has 0 bridgehead atoms. The Hall–Kier alpha value is -1.91. The van der Waals surface area contributed by atoms with Crippen molar-refractivity contribution in [1.82, 2.24) is 5.32 Å². The zero-order valence-electron chi connectivity index (χ0n) is 13.5. The van der Waals surface area contributed by atoms with Gasteiger partial charge in [-0.2, -0.15) is 0 Å². The minimum Gasteiger partial charge on any atom is -0.497 e. The predicted octanol–water partition coefficient (Wildman–Crippen LogP) is 4.13. The van der Waals surface area contributed by atoms with Crippen LogP contribution in [0.25, 0.3) is 0 Å². The van der Waals surface area contributed by atoms with E-state index in [0.717, 1.165) is 17.7 Å². The summed E-state index contributed by atoms with van der Waals surface area (Å²) in [6, 6.07) is 12.6. The van der Waals surface area contributed by atoms with E-state index in [2.05, 4.69) is 5.32 Å². The number of hydrogen-bond donors (Lipinski definition) is 1. The molecule has 1 unspecified atom stereocenters. The van der Waals surface area contributed by atoms with Gasteiger partial charge in [-0.05, 0) is 49.2 Å². The van der Waals surface area contributed by atoms with Crippen molar-refractivity contribution >= 4 is 29.1 Å². The van der Waals surface area contributed by atoms with Gasteiger partial charge < -0.3 is 14.8 Å². The molecule has 0 fully saturated rings. The first kappa shape index (κ1) is 18.4. The maximum Gasteiger partial charge on any atom is 0.260 e. The van der Waals surface area contributed by atoms with Gasteiger partial charge in [-0.1, -0.05) is 35.3 Å². The maximum absolute atomic E-state index is 12.1. The van der Waals surface area contributed by atoms with E-state index in [9.17, 15) is 4.79 Å². The summed E-state index contributed by atoms with van der Waals surface area (Å²) in [5.74, 6) is 1.04. The highest BCUT2D eigenvalue weighted by molar-refractivity contribution is 6.35. The topological polar surface area (TPSA) is 47.6 Å². The van der Waals surface area contributed by atoms with Gasteiger partial charge in [0, 0.05) is 11.6 Å². The van der Waals surface area contributed by atoms with Gasteiger partial charge in [0.25, 0.3) is 5.91 Å². The van der Waals surface area contributed by atoms with Crippen molar-refractivity contribution in [1.29, 1.82) is 0 Å². The van der Waals surface area contributed by atoms with Gasteiger partial charge in [0.15, 0.2) is 6.10 Å². The fraction of sp³-hybridized carbons (Fsp3) is 0.278. The van der Waals surface area contributed by atoms with Gasteiger partial charge in [-0.3, -0.25) is 4.79 Å². The molecule has 24 heavy (non-hydrogen) atoms. The number of ether oxygens (including phenoxy) is 2. The normalized spacial score (nSPS) is 11.7. The lowest BCUT2D eigenvalue weighted by atomic mass is 10.1. The predicted molar refractivity (Wildman–Crippen MR) is 96.3 cm³/mol. The monoisotopic (exact) mass is 367 g/mol. The Morgan fingerprint density at radius 1 is 1.17 bits per heavy atom. The number of nitrogens with one attached hydrogen (secondary N) is 1. The van der Waals surface area contributed by atoms with Crippen molar-refractivity contribution in [3.63, 3.8) is 0 Å². The summed E-state index contributed by atoms with van der Waals surface area (Å²) >= 11 is 11.9. The molecular formula is C18H19Cl2NO3. The molecule has 0 aliphatic rings. The van der Waals surface area contributed by atoms with Crippen LogP contribution >= 0.6 is 23.2 Å². The molecule has 0 spiro atoms. The lowest BCUT2D eigenvalue weighted by Crippen LogP contribution is -2.37. The number of amides is 1. The average molecular weight is 368 g/mol. The first-order valence-corrected chi connectivity index (χ1v) is 8.27. The first-order valence-electron chi connectivity index (χ1n) is 7.52. The Morgan fingerprint density at radius 2 is 1.88 bits per heavy atom. The van der Waals surface area contributed by atoms with Crippen molar-refractivity contribution in [2.75, 3.05) is 13.7 Å². The molecule has 2 rings (SSSR count). The Balaban J connectivity index is 1.80. The molecule has 1 N–H and O–H groups in total. The van der Waals surface area contributed by atoms with E-state index in [-0.39, 0.29) is 5.91 Å². The minimum atomic E-state index is -0.653. The standard InChI is InChI=1S/C18H19Cl2NO3/c1-12(24-17-8-5-14(19)11-16(17)20)18(22)21-10-9-13-3-6-15(23-2)7-4-13/h3-8,11-12H,9-10H2,1-2H3,(H,21,22). The van der Waals surface area contributed by atoms with E-state index in [1.54, 1.807) is 32.2 Å². The zero-order valence-corrected chi connectivity index (χ0v) is 15.0. The molecule has 0 aromatic heterocycles. The van der Waals surface area contributed by atoms with Crippen molar-refractivity contribution in [3.05, 3.63) is 58.1 Å². The van der Waals surface area contributed by atoms with Crippen molar-refractivity contribution in [2.45, 2.75) is 19.4 Å². The highest BCUT2D eigenvalue weighted by Gasteiger charge is 2.15. The van der Waals surface area contributed by atoms with Crippen LogP contribution in [-0.2, 0) is 11.2 Å². The van der Waals surface area contributed by atoms with E-state index < -0.39 is 6.10 Å². The molecule has 0 heterocycles. The van der Waals surface area contributed by atoms with Gasteiger partial charge in [0.2, 0.25) is 0 Å². The van der Waals surface area contributed by atoms with Crippen LogP contribution in [-0.4, -0.2) is 25.7 Å². The van der Waals surface area contributed by atoms with Gasteiger partial charge in [-0.15, -0.1) is 0 Å². The summed E-state index contributed by atoms with van der Waals surface area (Å²) in [4.78, 5) is 12.1. The summed E-state index contributed by atoms with van der Waals surface area (Å²) in [6.07, 6.45) is 0.0731. The first-order chi connectivity index (χ1) is 11.5. The Bertz CT molecular complexity index is 689.